The summed E-state index contributed by atoms with van der Waals surface area (Å²) in [4.78, 5) is 25.9. The maximum absolute atomic E-state index is 12.1. The van der Waals surface area contributed by atoms with E-state index in [0.29, 0.717) is 29.6 Å². The molecule has 0 unspecified atom stereocenters. The number of ether oxygens (including phenoxy) is 1. The van der Waals surface area contributed by atoms with Gasteiger partial charge in [-0.05, 0) is 37.7 Å². The van der Waals surface area contributed by atoms with Crippen molar-refractivity contribution in [1.29, 1.82) is 0 Å². The summed E-state index contributed by atoms with van der Waals surface area (Å²) in [5, 5.41) is 9.13. The lowest BCUT2D eigenvalue weighted by atomic mass is 10.3. The highest BCUT2D eigenvalue weighted by molar-refractivity contribution is 5.94. The predicted molar refractivity (Wildman–Crippen MR) is 93.6 cm³/mol. The Hall–Kier alpha value is -2.87. The number of hydrogen-bond donors (Lipinski definition) is 2. The highest BCUT2D eigenvalue weighted by atomic mass is 16.5. The van der Waals surface area contributed by atoms with Crippen LogP contribution in [0.25, 0.3) is 0 Å². The first-order valence-electron chi connectivity index (χ1n) is 7.89. The van der Waals surface area contributed by atoms with Gasteiger partial charge in [0.15, 0.2) is 5.82 Å². The number of rotatable bonds is 8. The highest BCUT2D eigenvalue weighted by Gasteiger charge is 2.14. The van der Waals surface area contributed by atoms with Gasteiger partial charge in [-0.3, -0.25) is 14.5 Å². The molecule has 2 rings (SSSR count). The number of amides is 2. The summed E-state index contributed by atoms with van der Waals surface area (Å²) in [6, 6.07) is 8.67. The van der Waals surface area contributed by atoms with Gasteiger partial charge in [-0.2, -0.15) is 0 Å². The van der Waals surface area contributed by atoms with Crippen molar-refractivity contribution >= 4 is 23.3 Å². The molecule has 1 aromatic carbocycles. The lowest BCUT2D eigenvalue weighted by Gasteiger charge is -2.19. The van der Waals surface area contributed by atoms with E-state index in [9.17, 15) is 9.59 Å². The number of hydrogen-bond acceptors (Lipinski definition) is 6. The Kier molecular flexibility index (Phi) is 6.53. The van der Waals surface area contributed by atoms with Crippen LogP contribution >= 0.6 is 0 Å². The van der Waals surface area contributed by atoms with Gasteiger partial charge in [0.1, 0.15) is 11.5 Å². The molecule has 0 aliphatic rings. The average molecular weight is 346 g/mol. The number of likely N-dealkylation sites (N-methyl/N-ethyl adjacent to an activating group) is 1. The minimum atomic E-state index is -0.257. The van der Waals surface area contributed by atoms with Gasteiger partial charge >= 0.3 is 0 Å². The molecule has 0 aliphatic carbocycles. The first-order chi connectivity index (χ1) is 12.0. The Bertz CT molecular complexity index is 712. The molecule has 0 spiro atoms. The lowest BCUT2D eigenvalue weighted by molar-refractivity contribution is -0.119. The molecule has 0 radical (unpaired) electrons. The van der Waals surface area contributed by atoms with E-state index >= 15 is 0 Å². The van der Waals surface area contributed by atoms with Crippen LogP contribution in [0.1, 0.15) is 12.7 Å². The van der Waals surface area contributed by atoms with Crippen molar-refractivity contribution in [2.24, 2.45) is 0 Å². The van der Waals surface area contributed by atoms with Gasteiger partial charge in [-0.1, -0.05) is 12.1 Å². The summed E-state index contributed by atoms with van der Waals surface area (Å²) >= 11 is 0. The fourth-order valence-corrected chi connectivity index (χ4v) is 2.17. The SMILES string of the molecule is CCN(CC(=O)Nc1ccc(OC)cc1)CC(=O)Nc1cc(C)on1. The van der Waals surface area contributed by atoms with Gasteiger partial charge in [0, 0.05) is 11.8 Å². The fraction of sp³-hybridized carbons (Fsp3) is 0.353. The van der Waals surface area contributed by atoms with Gasteiger partial charge < -0.3 is 19.9 Å². The molecule has 0 aliphatic heterocycles. The van der Waals surface area contributed by atoms with Gasteiger partial charge in [-0.25, -0.2) is 0 Å². The first-order valence-corrected chi connectivity index (χ1v) is 7.89. The molecule has 134 valence electrons. The van der Waals surface area contributed by atoms with Crippen LogP contribution in [0.4, 0.5) is 11.5 Å². The molecule has 1 aromatic heterocycles. The molecule has 2 aromatic rings. The van der Waals surface area contributed by atoms with Crippen LogP contribution in [0.5, 0.6) is 5.75 Å². The number of nitrogens with one attached hydrogen (secondary N) is 2. The van der Waals surface area contributed by atoms with Crippen LogP contribution in [0.15, 0.2) is 34.9 Å². The van der Waals surface area contributed by atoms with Gasteiger partial charge in [0.2, 0.25) is 11.8 Å². The summed E-state index contributed by atoms with van der Waals surface area (Å²) in [5.41, 5.74) is 0.671. The molecule has 8 nitrogen and oxygen atoms in total. The molecule has 0 saturated carbocycles. The van der Waals surface area contributed by atoms with Crippen molar-refractivity contribution in [3.63, 3.8) is 0 Å². The average Bonchev–Trinajstić information content (AvgIpc) is 2.99. The van der Waals surface area contributed by atoms with E-state index < -0.39 is 0 Å². The zero-order chi connectivity index (χ0) is 18.2. The van der Waals surface area contributed by atoms with Gasteiger partial charge in [0.05, 0.1) is 20.2 Å². The van der Waals surface area contributed by atoms with Crippen LogP contribution in [0.3, 0.4) is 0 Å². The van der Waals surface area contributed by atoms with E-state index in [1.165, 1.54) is 0 Å². The third-order valence-electron chi connectivity index (χ3n) is 3.45. The van der Waals surface area contributed by atoms with Crippen molar-refractivity contribution in [1.82, 2.24) is 10.1 Å². The fourth-order valence-electron chi connectivity index (χ4n) is 2.17. The molecule has 1 heterocycles. The molecule has 8 heteroatoms. The number of anilines is 2. The van der Waals surface area contributed by atoms with Crippen LogP contribution in [0, 0.1) is 6.92 Å². The number of aromatic nitrogens is 1. The number of nitrogens with zero attached hydrogens (tertiary/aromatic N) is 2. The molecular weight excluding hydrogens is 324 g/mol. The number of aryl methyl sites for hydroxylation is 1. The minimum Gasteiger partial charge on any atom is -0.497 e. The lowest BCUT2D eigenvalue weighted by Crippen LogP contribution is -2.38. The zero-order valence-electron chi connectivity index (χ0n) is 14.5. The molecule has 2 N–H and O–H groups in total. The smallest absolute Gasteiger partial charge is 0.239 e. The molecule has 0 atom stereocenters. The molecule has 25 heavy (non-hydrogen) atoms. The second kappa shape index (κ2) is 8.84. The standard InChI is InChI=1S/C17H22N4O4/c1-4-21(11-17(23)19-15-9-12(2)25-20-15)10-16(22)18-13-5-7-14(24-3)8-6-13/h5-9H,4,10-11H2,1-3H3,(H,18,22)(H,19,20,23). The summed E-state index contributed by atoms with van der Waals surface area (Å²) in [7, 11) is 1.58. The Morgan fingerprint density at radius 3 is 2.32 bits per heavy atom. The summed E-state index contributed by atoms with van der Waals surface area (Å²) in [6.07, 6.45) is 0. The first kappa shape index (κ1) is 18.5. The third kappa shape index (κ3) is 5.92. The molecule has 0 saturated heterocycles. The van der Waals surface area contributed by atoms with Crippen LogP contribution < -0.4 is 15.4 Å². The predicted octanol–water partition coefficient (Wildman–Crippen LogP) is 1.89. The highest BCUT2D eigenvalue weighted by Crippen LogP contribution is 2.15. The number of benzene rings is 1. The molecule has 2 amide bonds. The van der Waals surface area contributed by atoms with E-state index in [1.54, 1.807) is 49.3 Å². The second-order valence-electron chi connectivity index (χ2n) is 5.45. The maximum Gasteiger partial charge on any atom is 0.239 e. The van der Waals surface area contributed by atoms with Crippen molar-refractivity contribution in [3.05, 3.63) is 36.1 Å². The Morgan fingerprint density at radius 2 is 1.80 bits per heavy atom. The van der Waals surface area contributed by atoms with Gasteiger partial charge in [0.25, 0.3) is 0 Å². The van der Waals surface area contributed by atoms with E-state index in [0.717, 1.165) is 0 Å². The second-order valence-corrected chi connectivity index (χ2v) is 5.45. The van der Waals surface area contributed by atoms with E-state index in [2.05, 4.69) is 15.8 Å². The minimum absolute atomic E-state index is 0.0818. The normalized spacial score (nSPS) is 10.6. The van der Waals surface area contributed by atoms with Crippen molar-refractivity contribution in [2.45, 2.75) is 13.8 Å². The van der Waals surface area contributed by atoms with Gasteiger partial charge in [-0.15, -0.1) is 0 Å². The van der Waals surface area contributed by atoms with Crippen LogP contribution in [-0.2, 0) is 9.59 Å². The molecule has 0 fully saturated rings. The summed E-state index contributed by atoms with van der Waals surface area (Å²) < 4.78 is 9.97. The van der Waals surface area contributed by atoms with E-state index in [4.69, 9.17) is 9.26 Å². The topological polar surface area (TPSA) is 96.7 Å². The maximum atomic E-state index is 12.1. The van der Waals surface area contributed by atoms with Crippen molar-refractivity contribution in [3.8, 4) is 5.75 Å². The molecular formula is C17H22N4O4. The van der Waals surface area contributed by atoms with E-state index in [1.807, 2.05) is 6.92 Å². The monoisotopic (exact) mass is 346 g/mol. The Balaban J connectivity index is 1.83. The third-order valence-corrected chi connectivity index (χ3v) is 3.45. The van der Waals surface area contributed by atoms with Crippen LogP contribution in [-0.4, -0.2) is 48.6 Å². The Labute approximate surface area is 146 Å². The zero-order valence-corrected chi connectivity index (χ0v) is 14.5. The number of carbonyl (C=O) groups is 2. The number of methoxy groups -OCH3 is 1. The van der Waals surface area contributed by atoms with Crippen molar-refractivity contribution in [2.75, 3.05) is 37.4 Å². The molecule has 0 bridgehead atoms. The number of carbonyl (C=O) groups excluding carboxylic acids is 2. The van der Waals surface area contributed by atoms with Crippen molar-refractivity contribution < 1.29 is 18.8 Å². The summed E-state index contributed by atoms with van der Waals surface area (Å²) in [5.74, 6) is 1.24. The summed E-state index contributed by atoms with van der Waals surface area (Å²) in [6.45, 7) is 4.37. The largest absolute Gasteiger partial charge is 0.497 e. The Morgan fingerprint density at radius 1 is 1.16 bits per heavy atom. The quantitative estimate of drug-likeness (QED) is 0.758. The van der Waals surface area contributed by atoms with Crippen LogP contribution in [0.2, 0.25) is 0 Å². The van der Waals surface area contributed by atoms with E-state index in [-0.39, 0.29) is 24.9 Å².